The monoisotopic (exact) mass is 253 g/mol. The maximum Gasteiger partial charge on any atom is 0.0253 e. The van der Waals surface area contributed by atoms with Crippen LogP contribution in [0.15, 0.2) is 0 Å². The fourth-order valence-electron chi connectivity index (χ4n) is 3.76. The van der Waals surface area contributed by atoms with E-state index in [1.807, 2.05) is 0 Å². The average Bonchev–Trinajstić information content (AvgIpc) is 2.32. The molecule has 1 heterocycles. The molecule has 3 heteroatoms. The van der Waals surface area contributed by atoms with Crippen LogP contribution in [0.5, 0.6) is 0 Å². The van der Waals surface area contributed by atoms with Crippen LogP contribution < -0.4 is 5.73 Å². The Morgan fingerprint density at radius 3 is 2.61 bits per heavy atom. The second-order valence-corrected chi connectivity index (χ2v) is 7.11. The highest BCUT2D eigenvalue weighted by atomic mass is 15.3. The first-order valence-corrected chi connectivity index (χ1v) is 7.66. The predicted molar refractivity (Wildman–Crippen MR) is 77.7 cm³/mol. The van der Waals surface area contributed by atoms with Gasteiger partial charge in [-0.1, -0.05) is 20.8 Å². The van der Waals surface area contributed by atoms with Crippen LogP contribution in [-0.2, 0) is 0 Å². The van der Waals surface area contributed by atoms with Gasteiger partial charge in [0.05, 0.1) is 0 Å². The normalized spacial score (nSPS) is 38.8. The SMILES string of the molecule is CCN1CCN(C2CC(C)(C)CCC2N)CC1C. The number of likely N-dealkylation sites (N-methyl/N-ethyl adjacent to an activating group) is 1. The highest BCUT2D eigenvalue weighted by Gasteiger charge is 2.38. The van der Waals surface area contributed by atoms with Crippen LogP contribution in [0.3, 0.4) is 0 Å². The van der Waals surface area contributed by atoms with Crippen molar-refractivity contribution >= 4 is 0 Å². The van der Waals surface area contributed by atoms with Gasteiger partial charge in [-0.25, -0.2) is 0 Å². The van der Waals surface area contributed by atoms with Crippen LogP contribution in [0.2, 0.25) is 0 Å². The summed E-state index contributed by atoms with van der Waals surface area (Å²) in [6.45, 7) is 14.2. The van der Waals surface area contributed by atoms with Gasteiger partial charge in [0.15, 0.2) is 0 Å². The van der Waals surface area contributed by atoms with Gasteiger partial charge in [0.1, 0.15) is 0 Å². The molecule has 1 saturated heterocycles. The molecule has 0 amide bonds. The third kappa shape index (κ3) is 3.06. The van der Waals surface area contributed by atoms with Crippen LogP contribution in [0.25, 0.3) is 0 Å². The minimum Gasteiger partial charge on any atom is -0.326 e. The zero-order valence-corrected chi connectivity index (χ0v) is 12.7. The summed E-state index contributed by atoms with van der Waals surface area (Å²) in [5, 5.41) is 0. The molecule has 2 rings (SSSR count). The Hall–Kier alpha value is -0.120. The second kappa shape index (κ2) is 5.48. The Morgan fingerprint density at radius 1 is 1.28 bits per heavy atom. The molecule has 2 N–H and O–H groups in total. The summed E-state index contributed by atoms with van der Waals surface area (Å²) in [5.74, 6) is 0. The van der Waals surface area contributed by atoms with Crippen LogP contribution in [-0.4, -0.2) is 54.1 Å². The Balaban J connectivity index is 1.98. The van der Waals surface area contributed by atoms with Crippen molar-refractivity contribution in [3.8, 4) is 0 Å². The summed E-state index contributed by atoms with van der Waals surface area (Å²) >= 11 is 0. The standard InChI is InChI=1S/C15H31N3/c1-5-17-8-9-18(11-12(17)2)14-10-15(3,4)7-6-13(14)16/h12-14H,5-11,16H2,1-4H3. The summed E-state index contributed by atoms with van der Waals surface area (Å²) in [5.41, 5.74) is 6.87. The summed E-state index contributed by atoms with van der Waals surface area (Å²) in [4.78, 5) is 5.25. The molecule has 0 bridgehead atoms. The average molecular weight is 253 g/mol. The van der Waals surface area contributed by atoms with E-state index in [0.29, 0.717) is 23.5 Å². The number of piperazine rings is 1. The topological polar surface area (TPSA) is 32.5 Å². The molecule has 1 aliphatic heterocycles. The second-order valence-electron chi connectivity index (χ2n) is 7.11. The molecule has 3 atom stereocenters. The molecule has 3 unspecified atom stereocenters. The van der Waals surface area contributed by atoms with Crippen molar-refractivity contribution in [2.24, 2.45) is 11.1 Å². The summed E-state index contributed by atoms with van der Waals surface area (Å²) in [6, 6.07) is 1.68. The third-order valence-corrected chi connectivity index (χ3v) is 5.08. The minimum absolute atomic E-state index is 0.387. The van der Waals surface area contributed by atoms with Crippen molar-refractivity contribution < 1.29 is 0 Å². The lowest BCUT2D eigenvalue weighted by Gasteiger charge is -2.49. The number of hydrogen-bond donors (Lipinski definition) is 1. The molecule has 106 valence electrons. The zero-order chi connectivity index (χ0) is 13.3. The molecule has 3 nitrogen and oxygen atoms in total. The van der Waals surface area contributed by atoms with E-state index in [1.54, 1.807) is 0 Å². The number of rotatable bonds is 2. The molecule has 2 fully saturated rings. The first-order valence-electron chi connectivity index (χ1n) is 7.66. The van der Waals surface area contributed by atoms with Gasteiger partial charge in [-0.2, -0.15) is 0 Å². The number of nitrogens with zero attached hydrogens (tertiary/aromatic N) is 2. The Labute approximate surface area is 113 Å². The molecule has 0 aromatic heterocycles. The van der Waals surface area contributed by atoms with Gasteiger partial charge >= 0.3 is 0 Å². The lowest BCUT2D eigenvalue weighted by molar-refractivity contribution is 0.0158. The van der Waals surface area contributed by atoms with Crippen LogP contribution >= 0.6 is 0 Å². The molecular weight excluding hydrogens is 222 g/mol. The number of nitrogens with two attached hydrogens (primary N) is 1. The van der Waals surface area contributed by atoms with Gasteiger partial charge < -0.3 is 5.73 Å². The lowest BCUT2D eigenvalue weighted by Crippen LogP contribution is -2.60. The van der Waals surface area contributed by atoms with Crippen molar-refractivity contribution in [2.75, 3.05) is 26.2 Å². The van der Waals surface area contributed by atoms with E-state index in [2.05, 4.69) is 37.5 Å². The smallest absolute Gasteiger partial charge is 0.0253 e. The lowest BCUT2D eigenvalue weighted by atomic mass is 9.72. The number of hydrogen-bond acceptors (Lipinski definition) is 3. The van der Waals surface area contributed by atoms with Gasteiger partial charge in [0, 0.05) is 37.8 Å². The van der Waals surface area contributed by atoms with Gasteiger partial charge in [-0.3, -0.25) is 9.80 Å². The van der Waals surface area contributed by atoms with E-state index in [4.69, 9.17) is 5.73 Å². The summed E-state index contributed by atoms with van der Waals surface area (Å²) in [7, 11) is 0. The van der Waals surface area contributed by atoms with Gasteiger partial charge in [-0.15, -0.1) is 0 Å². The molecule has 0 radical (unpaired) electrons. The minimum atomic E-state index is 0.387. The molecule has 1 saturated carbocycles. The van der Waals surface area contributed by atoms with Crippen LogP contribution in [0.4, 0.5) is 0 Å². The molecule has 1 aliphatic carbocycles. The van der Waals surface area contributed by atoms with Gasteiger partial charge in [0.2, 0.25) is 0 Å². The maximum absolute atomic E-state index is 6.39. The predicted octanol–water partition coefficient (Wildman–Crippen LogP) is 1.92. The van der Waals surface area contributed by atoms with E-state index in [0.717, 1.165) is 0 Å². The third-order valence-electron chi connectivity index (χ3n) is 5.08. The molecule has 2 aliphatic rings. The van der Waals surface area contributed by atoms with Crippen LogP contribution in [0, 0.1) is 5.41 Å². The molecule has 0 aromatic rings. The van der Waals surface area contributed by atoms with Gasteiger partial charge in [0.25, 0.3) is 0 Å². The van der Waals surface area contributed by atoms with Gasteiger partial charge in [-0.05, 0) is 38.1 Å². The van der Waals surface area contributed by atoms with E-state index in [1.165, 1.54) is 45.4 Å². The first kappa shape index (κ1) is 14.3. The summed E-state index contributed by atoms with van der Waals surface area (Å²) < 4.78 is 0. The van der Waals surface area contributed by atoms with Crippen molar-refractivity contribution in [1.82, 2.24) is 9.80 Å². The highest BCUT2D eigenvalue weighted by molar-refractivity contribution is 4.95. The largest absolute Gasteiger partial charge is 0.326 e. The Bertz CT molecular complexity index is 277. The molecule has 18 heavy (non-hydrogen) atoms. The van der Waals surface area contributed by atoms with E-state index in [-0.39, 0.29) is 0 Å². The van der Waals surface area contributed by atoms with Crippen molar-refractivity contribution in [1.29, 1.82) is 0 Å². The fraction of sp³-hybridized carbons (Fsp3) is 1.00. The highest BCUT2D eigenvalue weighted by Crippen LogP contribution is 2.37. The van der Waals surface area contributed by atoms with E-state index >= 15 is 0 Å². The Morgan fingerprint density at radius 2 is 2.00 bits per heavy atom. The maximum atomic E-state index is 6.39. The van der Waals surface area contributed by atoms with E-state index in [9.17, 15) is 0 Å². The Kier molecular flexibility index (Phi) is 4.35. The van der Waals surface area contributed by atoms with Crippen molar-refractivity contribution in [3.63, 3.8) is 0 Å². The van der Waals surface area contributed by atoms with Crippen molar-refractivity contribution in [3.05, 3.63) is 0 Å². The molecule has 0 aromatic carbocycles. The molecular formula is C15H31N3. The quantitative estimate of drug-likeness (QED) is 0.816. The first-order chi connectivity index (χ1) is 8.43. The fourth-order valence-corrected chi connectivity index (χ4v) is 3.76. The van der Waals surface area contributed by atoms with Crippen LogP contribution in [0.1, 0.15) is 47.0 Å². The van der Waals surface area contributed by atoms with Crippen molar-refractivity contribution in [2.45, 2.75) is 65.1 Å². The van der Waals surface area contributed by atoms with E-state index < -0.39 is 0 Å². The molecule has 0 spiro atoms. The zero-order valence-electron chi connectivity index (χ0n) is 12.7. The summed E-state index contributed by atoms with van der Waals surface area (Å²) in [6.07, 6.45) is 3.75.